The van der Waals surface area contributed by atoms with Gasteiger partial charge in [-0.25, -0.2) is 28.8 Å². The highest BCUT2D eigenvalue weighted by Gasteiger charge is 2.43. The fraction of sp³-hybridized carbons (Fsp3) is 0.167. The molecule has 1 aromatic rings. The van der Waals surface area contributed by atoms with Crippen LogP contribution >= 0.6 is 0 Å². The number of hydrogen-bond donors (Lipinski definition) is 1. The molecule has 0 saturated heterocycles. The van der Waals surface area contributed by atoms with E-state index in [2.05, 4.69) is 9.98 Å². The van der Waals surface area contributed by atoms with Crippen molar-refractivity contribution in [2.24, 2.45) is 9.98 Å². The van der Waals surface area contributed by atoms with E-state index >= 15 is 0 Å². The summed E-state index contributed by atoms with van der Waals surface area (Å²) in [6.07, 6.45) is 2.87. The zero-order valence-electron chi connectivity index (χ0n) is 11.2. The molecule has 0 bridgehead atoms. The van der Waals surface area contributed by atoms with E-state index in [1.165, 1.54) is 12.3 Å². The van der Waals surface area contributed by atoms with Crippen molar-refractivity contribution < 1.29 is 21.8 Å². The third-order valence-corrected chi connectivity index (χ3v) is 3.88. The highest BCUT2D eigenvalue weighted by atomic mass is 32.2. The molecule has 0 amide bonds. The van der Waals surface area contributed by atoms with Gasteiger partial charge in [-0.2, -0.15) is 8.42 Å². The monoisotopic (exact) mass is 328 g/mol. The molecule has 7 nitrogen and oxygen atoms in total. The van der Waals surface area contributed by atoms with Crippen LogP contribution in [-0.4, -0.2) is 35.1 Å². The van der Waals surface area contributed by atoms with Crippen LogP contribution < -0.4 is 5.01 Å². The Balaban J connectivity index is 2.19. The Morgan fingerprint density at radius 2 is 1.91 bits per heavy atom. The summed E-state index contributed by atoms with van der Waals surface area (Å²) < 4.78 is 60.4. The van der Waals surface area contributed by atoms with Gasteiger partial charge in [-0.05, 0) is 25.1 Å². The van der Waals surface area contributed by atoms with Crippen LogP contribution in [0.5, 0.6) is 0 Å². The number of allylic oxidation sites excluding steroid dienone is 1. The lowest BCUT2D eigenvalue weighted by Gasteiger charge is -2.31. The number of rotatable bonds is 2. The summed E-state index contributed by atoms with van der Waals surface area (Å²) >= 11 is 0. The molecule has 0 spiro atoms. The van der Waals surface area contributed by atoms with Crippen molar-refractivity contribution in [1.82, 2.24) is 5.01 Å². The van der Waals surface area contributed by atoms with Gasteiger partial charge in [0, 0.05) is 11.9 Å². The largest absolute Gasteiger partial charge is 0.309 e. The zero-order valence-corrected chi connectivity index (χ0v) is 12.0. The predicted octanol–water partition coefficient (Wildman–Crippen LogP) is 1.52. The maximum atomic E-state index is 14.0. The SMILES string of the molecule is CC1=NC2=NC(S(=O)(=O)O)N(c3c(F)cccc3F)N2C=C1. The van der Waals surface area contributed by atoms with Crippen molar-refractivity contribution in [2.75, 3.05) is 5.01 Å². The zero-order chi connectivity index (χ0) is 16.1. The molecule has 10 heteroatoms. The number of anilines is 1. The number of hydrazine groups is 1. The highest BCUT2D eigenvalue weighted by Crippen LogP contribution is 2.33. The summed E-state index contributed by atoms with van der Waals surface area (Å²) in [4.78, 5) is 7.72. The van der Waals surface area contributed by atoms with Crippen LogP contribution in [0, 0.1) is 11.6 Å². The van der Waals surface area contributed by atoms with Gasteiger partial charge in [0.25, 0.3) is 5.50 Å². The molecule has 1 aromatic carbocycles. The molecule has 3 rings (SSSR count). The van der Waals surface area contributed by atoms with E-state index in [-0.39, 0.29) is 5.96 Å². The minimum Gasteiger partial charge on any atom is -0.282 e. The van der Waals surface area contributed by atoms with E-state index in [0.29, 0.717) is 10.7 Å². The van der Waals surface area contributed by atoms with Gasteiger partial charge in [-0.3, -0.25) is 4.55 Å². The number of hydrogen-bond acceptors (Lipinski definition) is 6. The number of benzene rings is 1. The molecule has 116 valence electrons. The lowest BCUT2D eigenvalue weighted by Crippen LogP contribution is -2.46. The Hall–Kier alpha value is -2.33. The molecule has 1 atom stereocenters. The van der Waals surface area contributed by atoms with E-state index in [9.17, 15) is 21.8 Å². The Morgan fingerprint density at radius 3 is 2.50 bits per heavy atom. The van der Waals surface area contributed by atoms with E-state index < -0.39 is 32.9 Å². The molecule has 0 aromatic heterocycles. The second kappa shape index (κ2) is 4.85. The Bertz CT molecular complexity index is 815. The first-order valence-electron chi connectivity index (χ1n) is 6.09. The fourth-order valence-corrected chi connectivity index (χ4v) is 2.81. The normalized spacial score (nSPS) is 20.8. The Labute approximate surface area is 124 Å². The lowest BCUT2D eigenvalue weighted by atomic mass is 10.3. The quantitative estimate of drug-likeness (QED) is 0.832. The number of aliphatic imine (C=N–C) groups is 2. The van der Waals surface area contributed by atoms with Gasteiger partial charge >= 0.3 is 10.1 Å². The van der Waals surface area contributed by atoms with Gasteiger partial charge in [0.1, 0.15) is 5.69 Å². The minimum atomic E-state index is -4.75. The first-order valence-corrected chi connectivity index (χ1v) is 7.59. The number of halogens is 2. The molecule has 2 aliphatic heterocycles. The van der Waals surface area contributed by atoms with Crippen LogP contribution in [-0.2, 0) is 10.1 Å². The van der Waals surface area contributed by atoms with Gasteiger partial charge in [0.2, 0.25) is 5.96 Å². The average molecular weight is 328 g/mol. The van der Waals surface area contributed by atoms with E-state index in [4.69, 9.17) is 0 Å². The third-order valence-electron chi connectivity index (χ3n) is 3.04. The summed E-state index contributed by atoms with van der Waals surface area (Å²) in [5, 5.41) is 1.76. The first-order chi connectivity index (χ1) is 10.3. The van der Waals surface area contributed by atoms with Crippen LogP contribution in [0.2, 0.25) is 0 Å². The number of para-hydroxylation sites is 1. The molecule has 0 aliphatic carbocycles. The molecule has 2 heterocycles. The molecular formula is C12H10F2N4O3S. The third kappa shape index (κ3) is 2.25. The first kappa shape index (κ1) is 14.6. The van der Waals surface area contributed by atoms with Crippen molar-refractivity contribution in [2.45, 2.75) is 12.4 Å². The second-order valence-electron chi connectivity index (χ2n) is 4.60. The lowest BCUT2D eigenvalue weighted by molar-refractivity contribution is 0.433. The fourth-order valence-electron chi connectivity index (χ4n) is 2.13. The van der Waals surface area contributed by atoms with Crippen molar-refractivity contribution in [1.29, 1.82) is 0 Å². The Morgan fingerprint density at radius 1 is 1.27 bits per heavy atom. The maximum absolute atomic E-state index is 14.0. The van der Waals surface area contributed by atoms with Crippen molar-refractivity contribution in [3.63, 3.8) is 0 Å². The molecule has 0 fully saturated rings. The maximum Gasteiger partial charge on any atom is 0.309 e. The summed E-state index contributed by atoms with van der Waals surface area (Å²) in [6, 6.07) is 3.09. The van der Waals surface area contributed by atoms with Crippen molar-refractivity contribution in [3.05, 3.63) is 42.1 Å². The van der Waals surface area contributed by atoms with Crippen LogP contribution in [0.1, 0.15) is 6.92 Å². The van der Waals surface area contributed by atoms with Crippen molar-refractivity contribution in [3.8, 4) is 0 Å². The summed E-state index contributed by atoms with van der Waals surface area (Å²) in [5.74, 6) is -2.08. The molecule has 0 saturated carbocycles. The molecule has 1 N–H and O–H groups in total. The molecule has 0 radical (unpaired) electrons. The van der Waals surface area contributed by atoms with Gasteiger partial charge < -0.3 is 0 Å². The summed E-state index contributed by atoms with van der Waals surface area (Å²) in [6.45, 7) is 1.64. The number of guanidine groups is 1. The van der Waals surface area contributed by atoms with Crippen LogP contribution in [0.15, 0.2) is 40.5 Å². The molecular weight excluding hydrogens is 318 g/mol. The molecule has 2 aliphatic rings. The van der Waals surface area contributed by atoms with Gasteiger partial charge in [-0.1, -0.05) is 6.07 Å². The average Bonchev–Trinajstić information content (AvgIpc) is 2.77. The van der Waals surface area contributed by atoms with Crippen molar-refractivity contribution >= 4 is 27.5 Å². The standard InChI is InChI=1S/C12H10F2N4O3S/c1-7-5-6-17-11(15-7)16-12(22(19,20)21)18(17)10-8(13)3-2-4-9(10)14/h2-6,12H,1H3,(H,19,20,21). The van der Waals surface area contributed by atoms with E-state index in [1.54, 1.807) is 6.92 Å². The van der Waals surface area contributed by atoms with Crippen LogP contribution in [0.4, 0.5) is 14.5 Å². The molecule has 1 unspecified atom stereocenters. The Kier molecular flexibility index (Phi) is 3.22. The second-order valence-corrected chi connectivity index (χ2v) is 6.05. The van der Waals surface area contributed by atoms with E-state index in [1.807, 2.05) is 0 Å². The smallest absolute Gasteiger partial charge is 0.282 e. The number of nitrogens with zero attached hydrogens (tertiary/aromatic N) is 4. The topological polar surface area (TPSA) is 85.6 Å². The minimum absolute atomic E-state index is 0.0923. The highest BCUT2D eigenvalue weighted by molar-refractivity contribution is 7.86. The van der Waals surface area contributed by atoms with Gasteiger partial charge in [0.15, 0.2) is 11.6 Å². The summed E-state index contributed by atoms with van der Waals surface area (Å²) in [7, 11) is -4.75. The van der Waals surface area contributed by atoms with Gasteiger partial charge in [-0.15, -0.1) is 0 Å². The predicted molar refractivity (Wildman–Crippen MR) is 75.7 cm³/mol. The van der Waals surface area contributed by atoms with Crippen LogP contribution in [0.3, 0.4) is 0 Å². The number of fused-ring (bicyclic) bond motifs is 1. The summed E-state index contributed by atoms with van der Waals surface area (Å²) in [5.41, 5.74) is -2.04. The van der Waals surface area contributed by atoms with E-state index in [0.717, 1.165) is 23.2 Å². The molecule has 22 heavy (non-hydrogen) atoms. The van der Waals surface area contributed by atoms with Gasteiger partial charge in [0.05, 0.1) is 0 Å². The van der Waals surface area contributed by atoms with Crippen LogP contribution in [0.25, 0.3) is 0 Å².